The van der Waals surface area contributed by atoms with Gasteiger partial charge >= 0.3 is 5.97 Å². The lowest BCUT2D eigenvalue weighted by Gasteiger charge is -2.09. The van der Waals surface area contributed by atoms with Crippen LogP contribution in [0.4, 0.5) is 0 Å². The summed E-state index contributed by atoms with van der Waals surface area (Å²) in [5, 5.41) is 9.63. The number of carboxylic acid groups (broad SMARTS) is 1. The Kier molecular flexibility index (Phi) is 2.96. The molecule has 1 saturated carbocycles. The number of carbonyl (C=O) groups is 1. The Morgan fingerprint density at radius 2 is 2.20 bits per heavy atom. The van der Waals surface area contributed by atoms with Gasteiger partial charge in [-0.05, 0) is 42.9 Å². The van der Waals surface area contributed by atoms with E-state index in [-0.39, 0.29) is 5.92 Å². The highest BCUT2D eigenvalue weighted by molar-refractivity contribution is 6.30. The second kappa shape index (κ2) is 4.23. The van der Waals surface area contributed by atoms with Crippen LogP contribution in [0.15, 0.2) is 24.3 Å². The van der Waals surface area contributed by atoms with E-state index in [1.54, 1.807) is 0 Å². The molecule has 0 saturated heterocycles. The van der Waals surface area contributed by atoms with Crippen molar-refractivity contribution in [1.29, 1.82) is 0 Å². The zero-order chi connectivity index (χ0) is 10.8. The maximum atomic E-state index is 10.8. The van der Waals surface area contributed by atoms with Crippen molar-refractivity contribution in [2.24, 2.45) is 5.92 Å². The van der Waals surface area contributed by atoms with E-state index >= 15 is 0 Å². The van der Waals surface area contributed by atoms with Gasteiger partial charge in [0.05, 0.1) is 5.92 Å². The van der Waals surface area contributed by atoms with Gasteiger partial charge in [0, 0.05) is 5.02 Å². The standard InChI is InChI=1S/C12H13ClO2/c13-11-3-1-2-8(7-11)9-4-5-10(6-9)12(14)15/h1-3,7,9-10H,4-6H2,(H,14,15). The molecule has 0 radical (unpaired) electrons. The van der Waals surface area contributed by atoms with Crippen molar-refractivity contribution in [3.8, 4) is 0 Å². The quantitative estimate of drug-likeness (QED) is 0.837. The SMILES string of the molecule is O=C(O)C1CCC(c2cccc(Cl)c2)C1. The maximum Gasteiger partial charge on any atom is 0.306 e. The molecule has 3 heteroatoms. The summed E-state index contributed by atoms with van der Waals surface area (Å²) >= 11 is 5.91. The molecule has 0 aromatic heterocycles. The zero-order valence-electron chi connectivity index (χ0n) is 8.32. The molecule has 2 unspecified atom stereocenters. The van der Waals surface area contributed by atoms with Crippen molar-refractivity contribution in [2.45, 2.75) is 25.2 Å². The van der Waals surface area contributed by atoms with E-state index in [2.05, 4.69) is 0 Å². The van der Waals surface area contributed by atoms with E-state index in [0.717, 1.165) is 24.3 Å². The Morgan fingerprint density at radius 1 is 1.40 bits per heavy atom. The molecule has 1 aromatic rings. The summed E-state index contributed by atoms with van der Waals surface area (Å²) in [6.45, 7) is 0. The van der Waals surface area contributed by atoms with E-state index in [1.807, 2.05) is 24.3 Å². The lowest BCUT2D eigenvalue weighted by atomic mass is 9.96. The highest BCUT2D eigenvalue weighted by Gasteiger charge is 2.30. The van der Waals surface area contributed by atoms with Crippen LogP contribution >= 0.6 is 11.6 Å². The maximum absolute atomic E-state index is 10.8. The molecular weight excluding hydrogens is 212 g/mol. The van der Waals surface area contributed by atoms with Crippen LogP contribution in [0.5, 0.6) is 0 Å². The van der Waals surface area contributed by atoms with Crippen LogP contribution in [-0.2, 0) is 4.79 Å². The normalized spacial score (nSPS) is 25.4. The molecule has 1 aromatic carbocycles. The van der Waals surface area contributed by atoms with Gasteiger partial charge in [0.25, 0.3) is 0 Å². The fourth-order valence-electron chi connectivity index (χ4n) is 2.27. The summed E-state index contributed by atoms with van der Waals surface area (Å²) < 4.78 is 0. The van der Waals surface area contributed by atoms with Crippen LogP contribution in [0.1, 0.15) is 30.7 Å². The topological polar surface area (TPSA) is 37.3 Å². The van der Waals surface area contributed by atoms with Gasteiger partial charge < -0.3 is 5.11 Å². The first-order valence-electron chi connectivity index (χ1n) is 5.15. The van der Waals surface area contributed by atoms with Crippen LogP contribution in [0.3, 0.4) is 0 Å². The molecule has 0 heterocycles. The van der Waals surface area contributed by atoms with Crippen LogP contribution in [-0.4, -0.2) is 11.1 Å². The molecule has 2 atom stereocenters. The number of rotatable bonds is 2. The van der Waals surface area contributed by atoms with Crippen LogP contribution in [0.25, 0.3) is 0 Å². The van der Waals surface area contributed by atoms with Gasteiger partial charge in [-0.3, -0.25) is 4.79 Å². The zero-order valence-corrected chi connectivity index (χ0v) is 9.07. The van der Waals surface area contributed by atoms with E-state index in [1.165, 1.54) is 5.56 Å². The van der Waals surface area contributed by atoms with Gasteiger partial charge in [-0.2, -0.15) is 0 Å². The van der Waals surface area contributed by atoms with Crippen molar-refractivity contribution >= 4 is 17.6 Å². The molecule has 80 valence electrons. The summed E-state index contributed by atoms with van der Waals surface area (Å²) in [6, 6.07) is 7.73. The molecular formula is C12H13ClO2. The number of benzene rings is 1. The summed E-state index contributed by atoms with van der Waals surface area (Å²) in [4.78, 5) is 10.8. The number of hydrogen-bond donors (Lipinski definition) is 1. The van der Waals surface area contributed by atoms with Gasteiger partial charge in [-0.25, -0.2) is 0 Å². The monoisotopic (exact) mass is 224 g/mol. The highest BCUT2D eigenvalue weighted by Crippen LogP contribution is 2.38. The molecule has 0 amide bonds. The van der Waals surface area contributed by atoms with Crippen molar-refractivity contribution in [1.82, 2.24) is 0 Å². The molecule has 0 spiro atoms. The summed E-state index contributed by atoms with van der Waals surface area (Å²) in [6.07, 6.45) is 2.49. The molecule has 15 heavy (non-hydrogen) atoms. The van der Waals surface area contributed by atoms with Crippen LogP contribution in [0, 0.1) is 5.92 Å². The Morgan fingerprint density at radius 3 is 2.80 bits per heavy atom. The lowest BCUT2D eigenvalue weighted by Crippen LogP contribution is -2.09. The minimum Gasteiger partial charge on any atom is -0.481 e. The molecule has 0 aliphatic heterocycles. The van der Waals surface area contributed by atoms with E-state index in [9.17, 15) is 4.79 Å². The second-order valence-electron chi connectivity index (χ2n) is 4.10. The first kappa shape index (κ1) is 10.5. The minimum atomic E-state index is -0.667. The molecule has 1 aliphatic carbocycles. The van der Waals surface area contributed by atoms with Crippen molar-refractivity contribution < 1.29 is 9.90 Å². The Labute approximate surface area is 93.9 Å². The Balaban J connectivity index is 2.11. The number of carboxylic acids is 1. The number of aliphatic carboxylic acids is 1. The fraction of sp³-hybridized carbons (Fsp3) is 0.417. The van der Waals surface area contributed by atoms with E-state index in [0.29, 0.717) is 5.92 Å². The third-order valence-electron chi connectivity index (χ3n) is 3.10. The minimum absolute atomic E-state index is 0.172. The second-order valence-corrected chi connectivity index (χ2v) is 4.54. The van der Waals surface area contributed by atoms with Gasteiger partial charge in [0.2, 0.25) is 0 Å². The molecule has 1 N–H and O–H groups in total. The van der Waals surface area contributed by atoms with Crippen LogP contribution < -0.4 is 0 Å². The summed E-state index contributed by atoms with van der Waals surface area (Å²) in [7, 11) is 0. The van der Waals surface area contributed by atoms with Gasteiger partial charge in [-0.15, -0.1) is 0 Å². The van der Waals surface area contributed by atoms with Crippen molar-refractivity contribution in [3.05, 3.63) is 34.9 Å². The fourth-order valence-corrected chi connectivity index (χ4v) is 2.47. The van der Waals surface area contributed by atoms with E-state index in [4.69, 9.17) is 16.7 Å². The van der Waals surface area contributed by atoms with Crippen molar-refractivity contribution in [2.75, 3.05) is 0 Å². The van der Waals surface area contributed by atoms with Crippen molar-refractivity contribution in [3.63, 3.8) is 0 Å². The van der Waals surface area contributed by atoms with E-state index < -0.39 is 5.97 Å². The first-order chi connectivity index (χ1) is 7.16. The molecule has 0 bridgehead atoms. The number of halogens is 1. The third kappa shape index (κ3) is 2.32. The first-order valence-corrected chi connectivity index (χ1v) is 5.53. The summed E-state index contributed by atoms with van der Waals surface area (Å²) in [5.74, 6) is -0.474. The molecule has 2 rings (SSSR count). The van der Waals surface area contributed by atoms with Crippen LogP contribution in [0.2, 0.25) is 5.02 Å². The van der Waals surface area contributed by atoms with Gasteiger partial charge in [-0.1, -0.05) is 23.7 Å². The molecule has 1 fully saturated rings. The predicted molar refractivity (Wildman–Crippen MR) is 59.2 cm³/mol. The highest BCUT2D eigenvalue weighted by atomic mass is 35.5. The average molecular weight is 225 g/mol. The predicted octanol–water partition coefficient (Wildman–Crippen LogP) is 3.31. The third-order valence-corrected chi connectivity index (χ3v) is 3.34. The van der Waals surface area contributed by atoms with Gasteiger partial charge in [0.15, 0.2) is 0 Å². The molecule has 2 nitrogen and oxygen atoms in total. The largest absolute Gasteiger partial charge is 0.481 e. The Hall–Kier alpha value is -1.02. The number of hydrogen-bond acceptors (Lipinski definition) is 1. The Bertz CT molecular complexity index is 376. The van der Waals surface area contributed by atoms with Gasteiger partial charge in [0.1, 0.15) is 0 Å². The smallest absolute Gasteiger partial charge is 0.306 e. The average Bonchev–Trinajstić information content (AvgIpc) is 2.66. The summed E-state index contributed by atoms with van der Waals surface area (Å²) in [5.41, 5.74) is 1.17. The lowest BCUT2D eigenvalue weighted by molar-refractivity contribution is -0.141. The molecule has 1 aliphatic rings.